The predicted octanol–water partition coefficient (Wildman–Crippen LogP) is 3.55. The highest BCUT2D eigenvalue weighted by atomic mass is 16.5. The van der Waals surface area contributed by atoms with Crippen LogP contribution in [0.25, 0.3) is 11.1 Å². The first-order valence-corrected chi connectivity index (χ1v) is 11.3. The molecule has 0 aromatic heterocycles. The minimum Gasteiger partial charge on any atom is -0.480 e. The molecule has 1 aliphatic rings. The average molecular weight is 469 g/mol. The third-order valence-electron chi connectivity index (χ3n) is 5.54. The molecule has 1 atom stereocenters. The van der Waals surface area contributed by atoms with Crippen LogP contribution in [0.5, 0.6) is 0 Å². The van der Waals surface area contributed by atoms with Crippen LogP contribution < -0.4 is 10.6 Å². The van der Waals surface area contributed by atoms with E-state index in [0.29, 0.717) is 6.42 Å². The molecule has 0 bridgehead atoms. The standard InChI is InChI=1S/C26H32N2O6/c1-26(2,3)14-22(24(30)31)28-23(29)16-33-13-12-27-25(32)34-15-21-19-10-6-4-8-17(19)18-9-5-7-11-20(18)21/h4-11,21-22H,12-16H2,1-3H3,(H,27,32)(H,28,29)(H,30,31). The van der Waals surface area contributed by atoms with Crippen LogP contribution in [0.3, 0.4) is 0 Å². The van der Waals surface area contributed by atoms with Gasteiger partial charge in [-0.3, -0.25) is 4.79 Å². The Hall–Kier alpha value is -3.39. The zero-order valence-corrected chi connectivity index (χ0v) is 19.8. The highest BCUT2D eigenvalue weighted by molar-refractivity contribution is 5.84. The predicted molar refractivity (Wildman–Crippen MR) is 128 cm³/mol. The lowest BCUT2D eigenvalue weighted by atomic mass is 9.88. The maximum atomic E-state index is 12.1. The Morgan fingerprint density at radius 2 is 1.59 bits per heavy atom. The molecule has 0 saturated carbocycles. The highest BCUT2D eigenvalue weighted by Crippen LogP contribution is 2.44. The van der Waals surface area contributed by atoms with Crippen molar-refractivity contribution in [3.8, 4) is 11.1 Å². The van der Waals surface area contributed by atoms with Crippen LogP contribution in [0.1, 0.15) is 44.2 Å². The summed E-state index contributed by atoms with van der Waals surface area (Å²) in [6, 6.07) is 15.2. The summed E-state index contributed by atoms with van der Waals surface area (Å²) in [5.74, 6) is -1.62. The van der Waals surface area contributed by atoms with Crippen LogP contribution in [0.2, 0.25) is 0 Å². The Morgan fingerprint density at radius 3 is 2.15 bits per heavy atom. The van der Waals surface area contributed by atoms with Gasteiger partial charge in [0.25, 0.3) is 0 Å². The molecule has 8 heteroatoms. The quantitative estimate of drug-likeness (QED) is 0.460. The Labute approximate surface area is 199 Å². The van der Waals surface area contributed by atoms with E-state index in [9.17, 15) is 19.5 Å². The number of carbonyl (C=O) groups excluding carboxylic acids is 2. The number of aliphatic carboxylic acids is 1. The second-order valence-electron chi connectivity index (χ2n) is 9.53. The molecule has 34 heavy (non-hydrogen) atoms. The maximum absolute atomic E-state index is 12.1. The van der Waals surface area contributed by atoms with Crippen molar-refractivity contribution in [2.45, 2.75) is 39.2 Å². The van der Waals surface area contributed by atoms with Gasteiger partial charge in [0.2, 0.25) is 5.91 Å². The van der Waals surface area contributed by atoms with Crippen LogP contribution >= 0.6 is 0 Å². The summed E-state index contributed by atoms with van der Waals surface area (Å²) in [6.07, 6.45) is -0.261. The van der Waals surface area contributed by atoms with Crippen LogP contribution in [0.4, 0.5) is 4.79 Å². The van der Waals surface area contributed by atoms with Crippen molar-refractivity contribution in [3.05, 3.63) is 59.7 Å². The van der Waals surface area contributed by atoms with Crippen molar-refractivity contribution >= 4 is 18.0 Å². The topological polar surface area (TPSA) is 114 Å². The number of amides is 2. The fourth-order valence-corrected chi connectivity index (χ4v) is 4.09. The first-order valence-electron chi connectivity index (χ1n) is 11.3. The number of carbonyl (C=O) groups is 3. The molecule has 2 aromatic rings. The zero-order valence-electron chi connectivity index (χ0n) is 19.8. The number of rotatable bonds is 10. The minimum absolute atomic E-state index is 0.0200. The summed E-state index contributed by atoms with van der Waals surface area (Å²) in [4.78, 5) is 35.5. The van der Waals surface area contributed by atoms with Gasteiger partial charge in [0, 0.05) is 12.5 Å². The normalized spacial score (nSPS) is 13.5. The van der Waals surface area contributed by atoms with E-state index in [2.05, 4.69) is 34.9 Å². The molecule has 8 nitrogen and oxygen atoms in total. The summed E-state index contributed by atoms with van der Waals surface area (Å²) < 4.78 is 10.7. The Bertz CT molecular complexity index is 984. The van der Waals surface area contributed by atoms with Gasteiger partial charge in [-0.25, -0.2) is 9.59 Å². The molecule has 3 N–H and O–H groups in total. The second kappa shape index (κ2) is 11.2. The molecule has 0 aliphatic heterocycles. The number of benzene rings is 2. The Balaban J connectivity index is 1.37. The van der Waals surface area contributed by atoms with Crippen molar-refractivity contribution in [1.82, 2.24) is 10.6 Å². The number of carboxylic acid groups (broad SMARTS) is 1. The fraction of sp³-hybridized carbons (Fsp3) is 0.423. The summed E-state index contributed by atoms with van der Waals surface area (Å²) >= 11 is 0. The average Bonchev–Trinajstić information content (AvgIpc) is 3.10. The molecular formula is C26H32N2O6. The summed E-state index contributed by atoms with van der Waals surface area (Å²) in [7, 11) is 0. The summed E-state index contributed by atoms with van der Waals surface area (Å²) in [5, 5.41) is 14.3. The molecule has 182 valence electrons. The van der Waals surface area contributed by atoms with Gasteiger partial charge >= 0.3 is 12.1 Å². The van der Waals surface area contributed by atoms with Gasteiger partial charge in [0.1, 0.15) is 19.3 Å². The zero-order chi connectivity index (χ0) is 24.7. The molecule has 3 rings (SSSR count). The lowest BCUT2D eigenvalue weighted by molar-refractivity contribution is -0.143. The largest absolute Gasteiger partial charge is 0.480 e. The van der Waals surface area contributed by atoms with Crippen LogP contribution in [-0.2, 0) is 19.1 Å². The SMILES string of the molecule is CC(C)(C)CC(NC(=O)COCCNC(=O)OCC1c2ccccc2-c2ccccc21)C(=O)O. The van der Waals surface area contributed by atoms with E-state index in [4.69, 9.17) is 9.47 Å². The smallest absolute Gasteiger partial charge is 0.407 e. The molecule has 2 amide bonds. The molecule has 0 spiro atoms. The van der Waals surface area contributed by atoms with Crippen LogP contribution in [0.15, 0.2) is 48.5 Å². The van der Waals surface area contributed by atoms with Gasteiger partial charge in [-0.2, -0.15) is 0 Å². The van der Waals surface area contributed by atoms with Crippen molar-refractivity contribution < 1.29 is 29.0 Å². The Kier molecular flexibility index (Phi) is 8.28. The number of fused-ring (bicyclic) bond motifs is 3. The van der Waals surface area contributed by atoms with Crippen molar-refractivity contribution in [1.29, 1.82) is 0 Å². The molecule has 1 unspecified atom stereocenters. The molecule has 0 fully saturated rings. The number of carboxylic acids is 1. The lowest BCUT2D eigenvalue weighted by Crippen LogP contribution is -2.44. The van der Waals surface area contributed by atoms with Crippen molar-refractivity contribution in [3.63, 3.8) is 0 Å². The van der Waals surface area contributed by atoms with Gasteiger partial charge in [-0.15, -0.1) is 0 Å². The molecule has 0 radical (unpaired) electrons. The molecule has 0 saturated heterocycles. The van der Waals surface area contributed by atoms with Gasteiger partial charge in [0.05, 0.1) is 6.61 Å². The van der Waals surface area contributed by atoms with E-state index in [1.54, 1.807) is 0 Å². The van der Waals surface area contributed by atoms with E-state index in [0.717, 1.165) is 22.3 Å². The third-order valence-corrected chi connectivity index (χ3v) is 5.54. The minimum atomic E-state index is -1.08. The number of ether oxygens (including phenoxy) is 2. The lowest BCUT2D eigenvalue weighted by Gasteiger charge is -2.23. The molecule has 2 aromatic carbocycles. The van der Waals surface area contributed by atoms with Crippen LogP contribution in [0, 0.1) is 5.41 Å². The first-order chi connectivity index (χ1) is 16.2. The number of hydrogen-bond acceptors (Lipinski definition) is 5. The molecule has 1 aliphatic carbocycles. The second-order valence-corrected chi connectivity index (χ2v) is 9.53. The Morgan fingerprint density at radius 1 is 1.00 bits per heavy atom. The van der Waals surface area contributed by atoms with Gasteiger partial charge in [-0.1, -0.05) is 69.3 Å². The molecular weight excluding hydrogens is 436 g/mol. The first kappa shape index (κ1) is 25.2. The number of alkyl carbamates (subject to hydrolysis) is 1. The third kappa shape index (κ3) is 6.81. The van der Waals surface area contributed by atoms with Gasteiger partial charge in [-0.05, 0) is 34.1 Å². The van der Waals surface area contributed by atoms with Crippen molar-refractivity contribution in [2.24, 2.45) is 5.41 Å². The fourth-order valence-electron chi connectivity index (χ4n) is 4.09. The van der Waals surface area contributed by atoms with Crippen LogP contribution in [-0.4, -0.2) is 55.5 Å². The van der Waals surface area contributed by atoms with E-state index < -0.39 is 24.0 Å². The van der Waals surface area contributed by atoms with E-state index in [1.807, 2.05) is 45.0 Å². The van der Waals surface area contributed by atoms with Gasteiger partial charge in [0.15, 0.2) is 0 Å². The number of hydrogen-bond donors (Lipinski definition) is 3. The van der Waals surface area contributed by atoms with E-state index >= 15 is 0 Å². The van der Waals surface area contributed by atoms with E-state index in [-0.39, 0.29) is 37.7 Å². The number of nitrogens with one attached hydrogen (secondary N) is 2. The monoisotopic (exact) mass is 468 g/mol. The van der Waals surface area contributed by atoms with E-state index in [1.165, 1.54) is 0 Å². The summed E-state index contributed by atoms with van der Waals surface area (Å²) in [6.45, 7) is 5.89. The van der Waals surface area contributed by atoms with Crippen molar-refractivity contribution in [2.75, 3.05) is 26.4 Å². The highest BCUT2D eigenvalue weighted by Gasteiger charge is 2.29. The maximum Gasteiger partial charge on any atom is 0.407 e. The summed E-state index contributed by atoms with van der Waals surface area (Å²) in [5.41, 5.74) is 4.34. The molecule has 0 heterocycles. The van der Waals surface area contributed by atoms with Gasteiger partial charge < -0.3 is 25.2 Å².